The SMILES string of the molecule is CCCn1c(=O)c(N2CCC(NC(=O)Nc3ccc(C)cc3)CC2)nc2ccccc21. The van der Waals surface area contributed by atoms with E-state index >= 15 is 0 Å². The van der Waals surface area contributed by atoms with E-state index in [0.717, 1.165) is 41.5 Å². The van der Waals surface area contributed by atoms with Gasteiger partial charge in [-0.2, -0.15) is 0 Å². The summed E-state index contributed by atoms with van der Waals surface area (Å²) in [7, 11) is 0. The average Bonchev–Trinajstić information content (AvgIpc) is 2.78. The fourth-order valence-corrected chi connectivity index (χ4v) is 4.06. The number of urea groups is 1. The molecule has 2 heterocycles. The quantitative estimate of drug-likeness (QED) is 0.657. The summed E-state index contributed by atoms with van der Waals surface area (Å²) in [6, 6.07) is 15.4. The Morgan fingerprint density at radius 2 is 1.81 bits per heavy atom. The van der Waals surface area contributed by atoms with Crippen LogP contribution in [0.4, 0.5) is 16.3 Å². The normalized spacial score (nSPS) is 14.6. The number of nitrogens with one attached hydrogen (secondary N) is 2. The monoisotopic (exact) mass is 419 g/mol. The topological polar surface area (TPSA) is 79.3 Å². The smallest absolute Gasteiger partial charge is 0.319 e. The molecule has 2 N–H and O–H groups in total. The fraction of sp³-hybridized carbons (Fsp3) is 0.375. The van der Waals surface area contributed by atoms with Crippen LogP contribution in [0.1, 0.15) is 31.7 Å². The largest absolute Gasteiger partial charge is 0.352 e. The van der Waals surface area contributed by atoms with E-state index in [1.165, 1.54) is 0 Å². The van der Waals surface area contributed by atoms with Crippen molar-refractivity contribution in [2.75, 3.05) is 23.3 Å². The molecule has 0 unspecified atom stereocenters. The van der Waals surface area contributed by atoms with Crippen molar-refractivity contribution in [2.24, 2.45) is 0 Å². The van der Waals surface area contributed by atoms with Crippen molar-refractivity contribution in [1.82, 2.24) is 14.9 Å². The van der Waals surface area contributed by atoms with Crippen LogP contribution >= 0.6 is 0 Å². The minimum Gasteiger partial charge on any atom is -0.352 e. The van der Waals surface area contributed by atoms with Gasteiger partial charge in [0.2, 0.25) is 0 Å². The molecule has 1 saturated heterocycles. The van der Waals surface area contributed by atoms with Crippen LogP contribution in [0.3, 0.4) is 0 Å². The Morgan fingerprint density at radius 1 is 1.10 bits per heavy atom. The number of benzene rings is 2. The number of rotatable bonds is 5. The van der Waals surface area contributed by atoms with E-state index in [2.05, 4.69) is 27.4 Å². The Bertz CT molecular complexity index is 1120. The van der Waals surface area contributed by atoms with Crippen molar-refractivity contribution in [3.8, 4) is 0 Å². The van der Waals surface area contributed by atoms with Gasteiger partial charge >= 0.3 is 6.03 Å². The van der Waals surface area contributed by atoms with Crippen molar-refractivity contribution in [1.29, 1.82) is 0 Å². The lowest BCUT2D eigenvalue weighted by Gasteiger charge is -2.33. The first-order valence-electron chi connectivity index (χ1n) is 10.9. The molecule has 0 bridgehead atoms. The number of carbonyl (C=O) groups is 1. The summed E-state index contributed by atoms with van der Waals surface area (Å²) in [4.78, 5) is 32.2. The van der Waals surface area contributed by atoms with E-state index in [4.69, 9.17) is 0 Å². The van der Waals surface area contributed by atoms with E-state index < -0.39 is 0 Å². The Balaban J connectivity index is 1.42. The molecule has 0 saturated carbocycles. The van der Waals surface area contributed by atoms with Gasteiger partial charge in [-0.1, -0.05) is 36.8 Å². The molecule has 0 atom stereocenters. The number of hydrogen-bond acceptors (Lipinski definition) is 4. The predicted molar refractivity (Wildman–Crippen MR) is 125 cm³/mol. The molecule has 1 fully saturated rings. The minimum atomic E-state index is -0.198. The van der Waals surface area contributed by atoms with Crippen LogP contribution in [0.15, 0.2) is 53.3 Å². The lowest BCUT2D eigenvalue weighted by atomic mass is 10.1. The van der Waals surface area contributed by atoms with Crippen molar-refractivity contribution in [2.45, 2.75) is 45.7 Å². The number of hydrogen-bond donors (Lipinski definition) is 2. The number of nitrogens with zero attached hydrogens (tertiary/aromatic N) is 3. The van der Waals surface area contributed by atoms with E-state index in [9.17, 15) is 9.59 Å². The maximum Gasteiger partial charge on any atom is 0.319 e. The highest BCUT2D eigenvalue weighted by Gasteiger charge is 2.24. The minimum absolute atomic E-state index is 0.0379. The molecule has 2 amide bonds. The second kappa shape index (κ2) is 9.20. The number of para-hydroxylation sites is 2. The Morgan fingerprint density at radius 3 is 2.52 bits per heavy atom. The van der Waals surface area contributed by atoms with Gasteiger partial charge < -0.3 is 20.1 Å². The Kier molecular flexibility index (Phi) is 6.21. The summed E-state index contributed by atoms with van der Waals surface area (Å²) in [5.74, 6) is 0.509. The van der Waals surface area contributed by atoms with Crippen LogP contribution in [0.5, 0.6) is 0 Å². The number of piperidine rings is 1. The zero-order valence-electron chi connectivity index (χ0n) is 18.1. The third-order valence-electron chi connectivity index (χ3n) is 5.72. The van der Waals surface area contributed by atoms with Gasteiger partial charge in [-0.25, -0.2) is 9.78 Å². The third-order valence-corrected chi connectivity index (χ3v) is 5.72. The van der Waals surface area contributed by atoms with Gasteiger partial charge in [-0.05, 0) is 50.5 Å². The van der Waals surface area contributed by atoms with E-state index in [-0.39, 0.29) is 17.6 Å². The van der Waals surface area contributed by atoms with Crippen molar-refractivity contribution in [3.05, 3.63) is 64.4 Å². The summed E-state index contributed by atoms with van der Waals surface area (Å²) < 4.78 is 1.83. The van der Waals surface area contributed by atoms with Gasteiger partial charge in [0, 0.05) is 31.4 Å². The van der Waals surface area contributed by atoms with Crippen LogP contribution in [-0.2, 0) is 6.54 Å². The molecule has 7 heteroatoms. The summed E-state index contributed by atoms with van der Waals surface area (Å²) in [5, 5.41) is 5.93. The van der Waals surface area contributed by atoms with Crippen molar-refractivity contribution >= 4 is 28.6 Å². The van der Waals surface area contributed by atoms with Crippen LogP contribution in [-0.4, -0.2) is 34.7 Å². The standard InChI is InChI=1S/C24H29N5O2/c1-3-14-29-21-7-5-4-6-20(21)27-22(23(29)30)28-15-12-19(13-16-28)26-24(31)25-18-10-8-17(2)9-11-18/h4-11,19H,3,12-16H2,1-2H3,(H2,25,26,31). The molecule has 7 nitrogen and oxygen atoms in total. The lowest BCUT2D eigenvalue weighted by molar-refractivity contribution is 0.246. The summed E-state index contributed by atoms with van der Waals surface area (Å²) in [6.07, 6.45) is 2.42. The van der Waals surface area contributed by atoms with E-state index in [1.807, 2.05) is 60.0 Å². The number of fused-ring (bicyclic) bond motifs is 1. The van der Waals surface area contributed by atoms with Gasteiger partial charge in [0.25, 0.3) is 5.56 Å². The zero-order valence-corrected chi connectivity index (χ0v) is 18.1. The molecule has 0 radical (unpaired) electrons. The molecule has 1 aromatic heterocycles. The molecule has 4 rings (SSSR count). The summed E-state index contributed by atoms with van der Waals surface area (Å²) >= 11 is 0. The zero-order chi connectivity index (χ0) is 21.8. The van der Waals surface area contributed by atoms with E-state index in [1.54, 1.807) is 0 Å². The highest BCUT2D eigenvalue weighted by Crippen LogP contribution is 2.19. The molecule has 0 aliphatic carbocycles. The number of anilines is 2. The fourth-order valence-electron chi connectivity index (χ4n) is 4.06. The first-order chi connectivity index (χ1) is 15.0. The van der Waals surface area contributed by atoms with Gasteiger partial charge in [0.1, 0.15) is 0 Å². The maximum absolute atomic E-state index is 13.1. The molecule has 2 aromatic carbocycles. The van der Waals surface area contributed by atoms with E-state index in [0.29, 0.717) is 25.5 Å². The molecule has 162 valence electrons. The van der Waals surface area contributed by atoms with Crippen molar-refractivity contribution in [3.63, 3.8) is 0 Å². The van der Waals surface area contributed by atoms with Crippen molar-refractivity contribution < 1.29 is 4.79 Å². The average molecular weight is 420 g/mol. The van der Waals surface area contributed by atoms with Gasteiger partial charge in [0.05, 0.1) is 11.0 Å². The highest BCUT2D eigenvalue weighted by molar-refractivity contribution is 5.89. The molecule has 1 aliphatic heterocycles. The lowest BCUT2D eigenvalue weighted by Crippen LogP contribution is -2.47. The number of aromatic nitrogens is 2. The third kappa shape index (κ3) is 4.71. The molecule has 3 aromatic rings. The van der Waals surface area contributed by atoms with Crippen LogP contribution in [0, 0.1) is 6.92 Å². The van der Waals surface area contributed by atoms with Gasteiger partial charge in [-0.15, -0.1) is 0 Å². The first-order valence-corrected chi connectivity index (χ1v) is 10.9. The molecular weight excluding hydrogens is 390 g/mol. The molecule has 31 heavy (non-hydrogen) atoms. The number of carbonyl (C=O) groups excluding carboxylic acids is 1. The Labute approximate surface area is 182 Å². The molecular formula is C24H29N5O2. The second-order valence-electron chi connectivity index (χ2n) is 8.11. The summed E-state index contributed by atoms with van der Waals surface area (Å²) in [6.45, 7) is 6.12. The highest BCUT2D eigenvalue weighted by atomic mass is 16.2. The summed E-state index contributed by atoms with van der Waals surface area (Å²) in [5.41, 5.74) is 3.60. The molecule has 1 aliphatic rings. The predicted octanol–water partition coefficient (Wildman–Crippen LogP) is 3.91. The van der Waals surface area contributed by atoms with Crippen LogP contribution in [0.2, 0.25) is 0 Å². The Hall–Kier alpha value is -3.35. The first kappa shape index (κ1) is 20.9. The van der Waals surface area contributed by atoms with Gasteiger partial charge in [-0.3, -0.25) is 4.79 Å². The second-order valence-corrected chi connectivity index (χ2v) is 8.11. The number of amides is 2. The number of aryl methyl sites for hydroxylation is 2. The van der Waals surface area contributed by atoms with Gasteiger partial charge in [0.15, 0.2) is 5.82 Å². The van der Waals surface area contributed by atoms with Crippen LogP contribution < -0.4 is 21.1 Å². The molecule has 0 spiro atoms. The maximum atomic E-state index is 13.1. The van der Waals surface area contributed by atoms with Crippen LogP contribution in [0.25, 0.3) is 11.0 Å².